The molecule has 0 bridgehead atoms. The van der Waals surface area contributed by atoms with Gasteiger partial charge in [-0.05, 0) is 52.4 Å². The molecule has 1 atom stereocenters. The van der Waals surface area contributed by atoms with Crippen molar-refractivity contribution in [2.45, 2.75) is 11.7 Å². The topological polar surface area (TPSA) is 47.9 Å². The van der Waals surface area contributed by atoms with Crippen LogP contribution < -0.4 is 14.2 Å². The van der Waals surface area contributed by atoms with Crippen molar-refractivity contribution in [1.82, 2.24) is 0 Å². The zero-order valence-electron chi connectivity index (χ0n) is 21.1. The molecule has 38 heavy (non-hydrogen) atoms. The molecule has 0 radical (unpaired) electrons. The standard InChI is InChI=1S/C34H26O4/c1-36-23-15-11-21(12-16-23)34(22-13-17-24(37-2)18-14-22)20-19-29-31-30(25-7-3-5-9-27(25)32(31)35)26-8-4-6-10-28(26)33(29)38-34/h3-20,32,35H,1-2H3. The summed E-state index contributed by atoms with van der Waals surface area (Å²) in [5.41, 5.74) is 5.95. The molecular formula is C34H26O4. The normalized spacial score (nSPS) is 16.3. The van der Waals surface area contributed by atoms with Crippen molar-refractivity contribution in [1.29, 1.82) is 0 Å². The Hall–Kier alpha value is -4.54. The second-order valence-corrected chi connectivity index (χ2v) is 9.69. The van der Waals surface area contributed by atoms with Gasteiger partial charge in [-0.3, -0.25) is 0 Å². The summed E-state index contributed by atoms with van der Waals surface area (Å²) >= 11 is 0. The molecule has 0 fully saturated rings. The predicted octanol–water partition coefficient (Wildman–Crippen LogP) is 7.27. The lowest BCUT2D eigenvalue weighted by atomic mass is 9.81. The smallest absolute Gasteiger partial charge is 0.178 e. The first kappa shape index (κ1) is 22.6. The number of aliphatic hydroxyl groups excluding tert-OH is 1. The van der Waals surface area contributed by atoms with Crippen LogP contribution in [0.1, 0.15) is 33.9 Å². The van der Waals surface area contributed by atoms with Crippen LogP contribution >= 0.6 is 0 Å². The van der Waals surface area contributed by atoms with Gasteiger partial charge in [-0.1, -0.05) is 78.9 Å². The van der Waals surface area contributed by atoms with Gasteiger partial charge in [-0.25, -0.2) is 0 Å². The minimum absolute atomic E-state index is 0.720. The lowest BCUT2D eigenvalue weighted by Crippen LogP contribution is -2.34. The summed E-state index contributed by atoms with van der Waals surface area (Å²) in [6.07, 6.45) is 3.50. The zero-order valence-corrected chi connectivity index (χ0v) is 21.1. The number of ether oxygens (including phenoxy) is 3. The Morgan fingerprint density at radius 3 is 1.92 bits per heavy atom. The summed E-state index contributed by atoms with van der Waals surface area (Å²) in [6.45, 7) is 0. The lowest BCUT2D eigenvalue weighted by Gasteiger charge is -2.37. The van der Waals surface area contributed by atoms with E-state index in [0.29, 0.717) is 0 Å². The zero-order chi connectivity index (χ0) is 25.9. The largest absolute Gasteiger partial charge is 0.497 e. The molecule has 0 saturated carbocycles. The van der Waals surface area contributed by atoms with Gasteiger partial charge in [0.15, 0.2) is 5.60 Å². The van der Waals surface area contributed by atoms with E-state index in [1.165, 1.54) is 0 Å². The van der Waals surface area contributed by atoms with Gasteiger partial charge in [0.05, 0.1) is 14.2 Å². The highest BCUT2D eigenvalue weighted by atomic mass is 16.5. The monoisotopic (exact) mass is 498 g/mol. The van der Waals surface area contributed by atoms with Gasteiger partial charge < -0.3 is 19.3 Å². The van der Waals surface area contributed by atoms with Crippen LogP contribution in [0.3, 0.4) is 0 Å². The highest BCUT2D eigenvalue weighted by Crippen LogP contribution is 2.55. The van der Waals surface area contributed by atoms with E-state index >= 15 is 0 Å². The molecule has 4 nitrogen and oxygen atoms in total. The number of hydrogen-bond acceptors (Lipinski definition) is 4. The van der Waals surface area contributed by atoms with Gasteiger partial charge in [0.25, 0.3) is 0 Å². The Labute approximate surface area is 221 Å². The first-order valence-electron chi connectivity index (χ1n) is 12.7. The average molecular weight is 499 g/mol. The molecule has 5 aromatic carbocycles. The van der Waals surface area contributed by atoms with Crippen molar-refractivity contribution in [3.8, 4) is 28.4 Å². The molecule has 1 N–H and O–H groups in total. The van der Waals surface area contributed by atoms with Crippen LogP contribution in [0.25, 0.3) is 28.0 Å². The lowest BCUT2D eigenvalue weighted by molar-refractivity contribution is 0.162. The van der Waals surface area contributed by atoms with Crippen molar-refractivity contribution in [2.75, 3.05) is 14.2 Å². The van der Waals surface area contributed by atoms with E-state index in [0.717, 1.165) is 67.0 Å². The molecule has 4 heteroatoms. The van der Waals surface area contributed by atoms with E-state index in [2.05, 4.69) is 30.4 Å². The molecule has 1 unspecified atom stereocenters. The van der Waals surface area contributed by atoms with Crippen molar-refractivity contribution >= 4 is 16.8 Å². The van der Waals surface area contributed by atoms with Gasteiger partial charge >= 0.3 is 0 Å². The van der Waals surface area contributed by atoms with Crippen molar-refractivity contribution in [3.63, 3.8) is 0 Å². The number of fused-ring (bicyclic) bond motifs is 8. The highest BCUT2D eigenvalue weighted by molar-refractivity contribution is 6.07. The van der Waals surface area contributed by atoms with Crippen LogP contribution in [0.2, 0.25) is 0 Å². The number of benzene rings is 5. The molecule has 0 spiro atoms. The summed E-state index contributed by atoms with van der Waals surface area (Å²) in [5.74, 6) is 2.33. The maximum absolute atomic E-state index is 11.5. The maximum atomic E-state index is 11.5. The summed E-state index contributed by atoms with van der Waals surface area (Å²) in [5, 5.41) is 13.6. The SMILES string of the molecule is COc1ccc(C2(c3ccc(OC)cc3)C=Cc3c4c(c5ccccc5c3O2)-c2ccccc2C4O)cc1. The highest BCUT2D eigenvalue weighted by Gasteiger charge is 2.41. The van der Waals surface area contributed by atoms with Crippen molar-refractivity contribution in [3.05, 3.63) is 131 Å². The van der Waals surface area contributed by atoms with Gasteiger partial charge in [0.2, 0.25) is 0 Å². The Kier molecular flexibility index (Phi) is 5.07. The first-order chi connectivity index (χ1) is 18.6. The number of methoxy groups -OCH3 is 2. The fourth-order valence-corrected chi connectivity index (χ4v) is 5.96. The van der Waals surface area contributed by atoms with Gasteiger partial charge in [0, 0.05) is 27.6 Å². The predicted molar refractivity (Wildman–Crippen MR) is 150 cm³/mol. The Morgan fingerprint density at radius 2 is 1.29 bits per heavy atom. The molecular weight excluding hydrogens is 472 g/mol. The van der Waals surface area contributed by atoms with Crippen LogP contribution in [0, 0.1) is 0 Å². The van der Waals surface area contributed by atoms with Gasteiger partial charge in [-0.2, -0.15) is 0 Å². The average Bonchev–Trinajstić information content (AvgIpc) is 3.29. The number of aliphatic hydroxyl groups is 1. The van der Waals surface area contributed by atoms with E-state index in [1.807, 2.05) is 78.9 Å². The van der Waals surface area contributed by atoms with Crippen LogP contribution in [-0.4, -0.2) is 19.3 Å². The van der Waals surface area contributed by atoms with E-state index < -0.39 is 11.7 Å². The molecule has 2 aliphatic rings. The summed E-state index contributed by atoms with van der Waals surface area (Å²) < 4.78 is 18.0. The van der Waals surface area contributed by atoms with E-state index in [4.69, 9.17) is 14.2 Å². The van der Waals surface area contributed by atoms with Gasteiger partial charge in [-0.15, -0.1) is 0 Å². The molecule has 1 heterocycles. The summed E-state index contributed by atoms with van der Waals surface area (Å²) in [6, 6.07) is 32.4. The maximum Gasteiger partial charge on any atom is 0.178 e. The van der Waals surface area contributed by atoms with E-state index in [1.54, 1.807) is 14.2 Å². The Bertz CT molecular complexity index is 1670. The minimum Gasteiger partial charge on any atom is -0.497 e. The molecule has 0 saturated heterocycles. The fourth-order valence-electron chi connectivity index (χ4n) is 5.96. The van der Waals surface area contributed by atoms with Gasteiger partial charge in [0.1, 0.15) is 23.4 Å². The van der Waals surface area contributed by atoms with Crippen LogP contribution in [0.5, 0.6) is 17.2 Å². The number of rotatable bonds is 4. The minimum atomic E-state index is -0.890. The molecule has 0 aromatic heterocycles. The molecule has 1 aliphatic heterocycles. The van der Waals surface area contributed by atoms with Crippen LogP contribution in [-0.2, 0) is 5.60 Å². The molecule has 7 rings (SSSR count). The van der Waals surface area contributed by atoms with Crippen molar-refractivity contribution < 1.29 is 19.3 Å². The van der Waals surface area contributed by atoms with E-state index in [9.17, 15) is 5.11 Å². The molecule has 1 aliphatic carbocycles. The Balaban J connectivity index is 1.50. The second kappa shape index (κ2) is 8.51. The quantitative estimate of drug-likeness (QED) is 0.283. The first-order valence-corrected chi connectivity index (χ1v) is 12.7. The van der Waals surface area contributed by atoms with Crippen LogP contribution in [0.4, 0.5) is 0 Å². The molecule has 0 amide bonds. The third-order valence-electron chi connectivity index (χ3n) is 7.83. The molecule has 5 aromatic rings. The van der Waals surface area contributed by atoms with E-state index in [-0.39, 0.29) is 0 Å². The summed E-state index contributed by atoms with van der Waals surface area (Å²) in [4.78, 5) is 0. The van der Waals surface area contributed by atoms with Crippen LogP contribution in [0.15, 0.2) is 103 Å². The fraction of sp³-hybridized carbons (Fsp3) is 0.118. The second-order valence-electron chi connectivity index (χ2n) is 9.69. The Morgan fingerprint density at radius 1 is 0.711 bits per heavy atom. The third kappa shape index (κ3) is 3.14. The number of hydrogen-bond donors (Lipinski definition) is 1. The van der Waals surface area contributed by atoms with Crippen molar-refractivity contribution in [2.24, 2.45) is 0 Å². The summed E-state index contributed by atoms with van der Waals surface area (Å²) in [7, 11) is 3.33. The third-order valence-corrected chi connectivity index (χ3v) is 7.83. The molecule has 186 valence electrons.